The van der Waals surface area contributed by atoms with Crippen molar-refractivity contribution in [3.8, 4) is 0 Å². The van der Waals surface area contributed by atoms with Crippen LogP contribution in [-0.2, 0) is 11.0 Å². The number of fused-ring (bicyclic) bond motifs is 3. The summed E-state index contributed by atoms with van der Waals surface area (Å²) in [6, 6.07) is 4.87. The Hall–Kier alpha value is -1.45. The first-order chi connectivity index (χ1) is 13.2. The van der Waals surface area contributed by atoms with Gasteiger partial charge in [-0.05, 0) is 50.3 Å². The third-order valence-corrected chi connectivity index (χ3v) is 8.25. The lowest BCUT2D eigenvalue weighted by molar-refractivity contribution is -0.758. The Labute approximate surface area is 173 Å². The Morgan fingerprint density at radius 3 is 2.39 bits per heavy atom. The largest absolute Gasteiger partial charge is 0.511 e. The van der Waals surface area contributed by atoms with Crippen molar-refractivity contribution in [2.75, 3.05) is 11.9 Å². The van der Waals surface area contributed by atoms with Gasteiger partial charge in [-0.1, -0.05) is 60.8 Å². The third-order valence-electron chi connectivity index (χ3n) is 8.25. The molecule has 0 bridgehead atoms. The van der Waals surface area contributed by atoms with Gasteiger partial charge in [0.05, 0.1) is 17.7 Å². The van der Waals surface area contributed by atoms with Crippen LogP contribution in [0.15, 0.2) is 30.7 Å². The minimum Gasteiger partial charge on any atom is -0.380 e. The highest BCUT2D eigenvalue weighted by molar-refractivity contribution is 6.65. The lowest BCUT2D eigenvalue weighted by Crippen LogP contribution is -2.74. The zero-order valence-corrected chi connectivity index (χ0v) is 19.5. The molecule has 1 aromatic rings. The van der Waals surface area contributed by atoms with Gasteiger partial charge in [-0.25, -0.2) is 4.57 Å². The van der Waals surface area contributed by atoms with Crippen molar-refractivity contribution in [2.24, 2.45) is 0 Å². The predicted octanol–water partition coefficient (Wildman–Crippen LogP) is 5.85. The van der Waals surface area contributed by atoms with E-state index < -0.39 is 0 Å². The second-order valence-electron chi connectivity index (χ2n) is 10.1. The fourth-order valence-corrected chi connectivity index (χ4v) is 5.67. The Balaban J connectivity index is 2.11. The van der Waals surface area contributed by atoms with Crippen LogP contribution < -0.4 is 9.38 Å². The average Bonchev–Trinajstić information content (AvgIpc) is 3.08. The molecular formula is C24H41BN3+. The van der Waals surface area contributed by atoms with E-state index in [4.69, 9.17) is 0 Å². The van der Waals surface area contributed by atoms with E-state index in [2.05, 4.69) is 100 Å². The molecule has 0 N–H and O–H groups in total. The molecule has 1 aromatic heterocycles. The standard InChI is InChI=1S/C24H41BN3/c1-9-12-13-15-22(4,5)20-14-16-27-21(19-20)28-18-17-26(8)25(28)23(6,10-2)24(27,7)11-3/h14,16-19H,9-13,15H2,1-8H3/q+1. The molecule has 2 aliphatic rings. The van der Waals surface area contributed by atoms with Gasteiger partial charge in [-0.3, -0.25) is 4.81 Å². The molecular weight excluding hydrogens is 341 g/mol. The minimum absolute atomic E-state index is 0.0867. The molecule has 4 heteroatoms. The summed E-state index contributed by atoms with van der Waals surface area (Å²) < 4.78 is 2.57. The smallest absolute Gasteiger partial charge is 0.380 e. The number of nitrogens with zero attached hydrogens (tertiary/aromatic N) is 3. The molecule has 3 heterocycles. The molecule has 0 radical (unpaired) electrons. The molecule has 0 aromatic carbocycles. The number of unbranched alkanes of at least 4 members (excludes halogenated alkanes) is 2. The highest BCUT2D eigenvalue weighted by atomic mass is 15.3. The average molecular weight is 382 g/mol. The summed E-state index contributed by atoms with van der Waals surface area (Å²) in [5.74, 6) is 1.35. The van der Waals surface area contributed by atoms with E-state index in [9.17, 15) is 0 Å². The Kier molecular flexibility index (Phi) is 5.64. The Bertz CT molecular complexity index is 743. The van der Waals surface area contributed by atoms with Gasteiger partial charge in [0.1, 0.15) is 5.54 Å². The number of rotatable bonds is 7. The molecule has 0 saturated heterocycles. The van der Waals surface area contributed by atoms with E-state index in [1.54, 1.807) is 0 Å². The lowest BCUT2D eigenvalue weighted by atomic mass is 9.39. The van der Waals surface area contributed by atoms with E-state index in [0.29, 0.717) is 6.98 Å². The van der Waals surface area contributed by atoms with Crippen LogP contribution in [0.2, 0.25) is 5.31 Å². The van der Waals surface area contributed by atoms with Crippen LogP contribution in [0.3, 0.4) is 0 Å². The number of anilines is 1. The fourth-order valence-electron chi connectivity index (χ4n) is 5.67. The van der Waals surface area contributed by atoms with Gasteiger partial charge in [0.2, 0.25) is 0 Å². The monoisotopic (exact) mass is 382 g/mol. The van der Waals surface area contributed by atoms with E-state index in [1.807, 2.05) is 0 Å². The van der Waals surface area contributed by atoms with Crippen molar-refractivity contribution in [3.63, 3.8) is 0 Å². The SMILES string of the molecule is CCCCCC(C)(C)c1cc[n+]2c(c1)N1C=CN(C)B1C(C)(CC)C2(C)CC. The maximum atomic E-state index is 2.57. The second-order valence-corrected chi connectivity index (χ2v) is 10.1. The summed E-state index contributed by atoms with van der Waals surface area (Å²) >= 11 is 0. The van der Waals surface area contributed by atoms with Gasteiger partial charge in [-0.15, -0.1) is 0 Å². The van der Waals surface area contributed by atoms with E-state index >= 15 is 0 Å². The number of aromatic nitrogens is 1. The van der Waals surface area contributed by atoms with Crippen LogP contribution in [0.5, 0.6) is 0 Å². The van der Waals surface area contributed by atoms with E-state index in [1.165, 1.54) is 37.1 Å². The molecule has 3 rings (SSSR count). The third kappa shape index (κ3) is 2.99. The molecule has 0 saturated carbocycles. The van der Waals surface area contributed by atoms with Gasteiger partial charge < -0.3 is 4.81 Å². The van der Waals surface area contributed by atoms with E-state index in [-0.39, 0.29) is 16.3 Å². The van der Waals surface area contributed by atoms with Gasteiger partial charge in [0.15, 0.2) is 0 Å². The van der Waals surface area contributed by atoms with Gasteiger partial charge >= 0.3 is 6.98 Å². The van der Waals surface area contributed by atoms with Gasteiger partial charge in [0.25, 0.3) is 5.82 Å². The molecule has 28 heavy (non-hydrogen) atoms. The predicted molar refractivity (Wildman–Crippen MR) is 122 cm³/mol. The molecule has 0 aliphatic carbocycles. The second kappa shape index (κ2) is 7.42. The number of hydrogen-bond acceptors (Lipinski definition) is 2. The molecule has 0 spiro atoms. The van der Waals surface area contributed by atoms with Crippen molar-refractivity contribution in [1.29, 1.82) is 0 Å². The molecule has 0 fully saturated rings. The summed E-state index contributed by atoms with van der Waals surface area (Å²) in [7, 11) is 2.24. The summed E-state index contributed by atoms with van der Waals surface area (Å²) in [6.07, 6.45) is 14.4. The molecule has 2 unspecified atom stereocenters. The maximum Gasteiger partial charge on any atom is 0.511 e. The van der Waals surface area contributed by atoms with Gasteiger partial charge in [0, 0.05) is 12.3 Å². The number of pyridine rings is 1. The van der Waals surface area contributed by atoms with Crippen LogP contribution in [-0.4, -0.2) is 18.8 Å². The number of hydrogen-bond donors (Lipinski definition) is 0. The topological polar surface area (TPSA) is 10.4 Å². The summed E-state index contributed by atoms with van der Waals surface area (Å²) in [4.78, 5) is 4.94. The normalized spacial score (nSPS) is 26.6. The minimum atomic E-state index is 0.0867. The first-order valence-electron chi connectivity index (χ1n) is 11.4. The highest BCUT2D eigenvalue weighted by Gasteiger charge is 2.67. The first kappa shape index (κ1) is 21.3. The van der Waals surface area contributed by atoms with Gasteiger partial charge in [-0.2, -0.15) is 0 Å². The van der Waals surface area contributed by atoms with Crippen LogP contribution >= 0.6 is 0 Å². The molecule has 2 atom stereocenters. The van der Waals surface area contributed by atoms with Crippen LogP contribution in [0.25, 0.3) is 0 Å². The van der Waals surface area contributed by atoms with Crippen molar-refractivity contribution in [2.45, 2.75) is 103 Å². The summed E-state index contributed by atoms with van der Waals surface area (Å²) in [5.41, 5.74) is 1.77. The molecule has 2 aliphatic heterocycles. The zero-order chi connectivity index (χ0) is 20.7. The zero-order valence-electron chi connectivity index (χ0n) is 19.5. The van der Waals surface area contributed by atoms with Crippen molar-refractivity contribution in [3.05, 3.63) is 36.3 Å². The lowest BCUT2D eigenvalue weighted by Gasteiger charge is -2.51. The fraction of sp³-hybridized carbons (Fsp3) is 0.708. The summed E-state index contributed by atoms with van der Waals surface area (Å²) in [5, 5.41) is 0.163. The van der Waals surface area contributed by atoms with Crippen LogP contribution in [0.1, 0.15) is 92.6 Å². The quantitative estimate of drug-likeness (QED) is 0.333. The molecule has 3 nitrogen and oxygen atoms in total. The molecule has 154 valence electrons. The van der Waals surface area contributed by atoms with E-state index in [0.717, 1.165) is 12.8 Å². The Morgan fingerprint density at radius 1 is 1.07 bits per heavy atom. The molecule has 0 amide bonds. The summed E-state index contributed by atoms with van der Waals surface area (Å²) in [6.45, 7) is 17.1. The van der Waals surface area contributed by atoms with Crippen LogP contribution in [0, 0.1) is 0 Å². The maximum absolute atomic E-state index is 2.57. The van der Waals surface area contributed by atoms with Crippen molar-refractivity contribution in [1.82, 2.24) is 4.81 Å². The first-order valence-corrected chi connectivity index (χ1v) is 11.4. The van der Waals surface area contributed by atoms with Crippen molar-refractivity contribution < 1.29 is 4.57 Å². The van der Waals surface area contributed by atoms with Crippen LogP contribution in [0.4, 0.5) is 5.82 Å². The highest BCUT2D eigenvalue weighted by Crippen LogP contribution is 2.54. The van der Waals surface area contributed by atoms with Crippen molar-refractivity contribution >= 4 is 12.8 Å². The Morgan fingerprint density at radius 2 is 1.79 bits per heavy atom.